The van der Waals surface area contributed by atoms with Gasteiger partial charge in [0.2, 0.25) is 5.95 Å². The topological polar surface area (TPSA) is 76.6 Å². The summed E-state index contributed by atoms with van der Waals surface area (Å²) in [6.45, 7) is 8.23. The second-order valence-corrected chi connectivity index (χ2v) is 7.13. The number of likely N-dealkylation sites (N-methyl/N-ethyl adjacent to an activating group) is 1. The van der Waals surface area contributed by atoms with Crippen LogP contribution in [0.15, 0.2) is 36.4 Å². The first-order chi connectivity index (χ1) is 13.1. The number of anilines is 2. The van der Waals surface area contributed by atoms with Gasteiger partial charge in [0.05, 0.1) is 12.3 Å². The molecule has 1 saturated heterocycles. The van der Waals surface area contributed by atoms with Gasteiger partial charge in [-0.3, -0.25) is 4.90 Å². The Morgan fingerprint density at radius 3 is 2.56 bits per heavy atom. The van der Waals surface area contributed by atoms with Crippen molar-refractivity contribution in [2.75, 3.05) is 63.6 Å². The molecule has 2 aromatic rings. The molecule has 1 atom stereocenters. The van der Waals surface area contributed by atoms with Crippen LogP contribution in [0, 0.1) is 0 Å². The Balaban J connectivity index is 1.68. The molecule has 3 rings (SSSR count). The molecule has 0 spiro atoms. The predicted octanol–water partition coefficient (Wildman–Crippen LogP) is 1.60. The van der Waals surface area contributed by atoms with Crippen LogP contribution in [0.2, 0.25) is 0 Å². The third-order valence-corrected chi connectivity index (χ3v) is 4.78. The smallest absolute Gasteiger partial charge is 0.225 e. The lowest BCUT2D eigenvalue weighted by molar-refractivity contribution is 0.158. The van der Waals surface area contributed by atoms with E-state index < -0.39 is 0 Å². The molecule has 0 aliphatic carbocycles. The highest BCUT2D eigenvalue weighted by molar-refractivity contribution is 5.64. The van der Waals surface area contributed by atoms with Gasteiger partial charge in [0.1, 0.15) is 5.82 Å². The van der Waals surface area contributed by atoms with E-state index in [0.717, 1.165) is 56.3 Å². The lowest BCUT2D eigenvalue weighted by Crippen LogP contribution is -2.45. The highest BCUT2D eigenvalue weighted by Gasteiger charge is 2.13. The second kappa shape index (κ2) is 9.64. The maximum Gasteiger partial charge on any atom is 0.225 e. The van der Waals surface area contributed by atoms with Gasteiger partial charge in [0.15, 0.2) is 0 Å². The standard InChI is InChI=1S/C20H30N6O/c1-16(15-27)22-20-23-18(17-6-4-3-5-7-17)14-19(24-20)21-8-9-26-12-10-25(2)11-13-26/h3-7,14,16,27H,8-13,15H2,1-2H3,(H2,21,22,23,24)/t16-/m1/s1. The van der Waals surface area contributed by atoms with Crippen molar-refractivity contribution < 1.29 is 5.11 Å². The second-order valence-electron chi connectivity index (χ2n) is 7.13. The first kappa shape index (κ1) is 19.5. The van der Waals surface area contributed by atoms with Crippen molar-refractivity contribution in [3.8, 4) is 11.3 Å². The number of aliphatic hydroxyl groups excluding tert-OH is 1. The number of hydrogen-bond donors (Lipinski definition) is 3. The van der Waals surface area contributed by atoms with Crippen molar-refractivity contribution in [1.29, 1.82) is 0 Å². The SMILES string of the molecule is C[C@H](CO)Nc1nc(NCCN2CCN(C)CC2)cc(-c2ccccc2)n1. The molecule has 1 fully saturated rings. The first-order valence-electron chi connectivity index (χ1n) is 9.60. The van der Waals surface area contributed by atoms with Gasteiger partial charge < -0.3 is 20.6 Å². The van der Waals surface area contributed by atoms with Crippen molar-refractivity contribution in [2.45, 2.75) is 13.0 Å². The summed E-state index contributed by atoms with van der Waals surface area (Å²) in [4.78, 5) is 14.0. The predicted molar refractivity (Wildman–Crippen MR) is 110 cm³/mol. The Labute approximate surface area is 161 Å². The Hall–Kier alpha value is -2.22. The van der Waals surface area contributed by atoms with Gasteiger partial charge in [-0.1, -0.05) is 30.3 Å². The van der Waals surface area contributed by atoms with E-state index in [4.69, 9.17) is 0 Å². The van der Waals surface area contributed by atoms with Gasteiger partial charge in [0.25, 0.3) is 0 Å². The molecule has 0 amide bonds. The molecule has 0 bridgehead atoms. The molecule has 2 heterocycles. The number of rotatable bonds is 8. The van der Waals surface area contributed by atoms with E-state index >= 15 is 0 Å². The van der Waals surface area contributed by atoms with Crippen LogP contribution in [0.4, 0.5) is 11.8 Å². The number of hydrogen-bond acceptors (Lipinski definition) is 7. The molecule has 27 heavy (non-hydrogen) atoms. The van der Waals surface area contributed by atoms with Crippen LogP contribution in [0.3, 0.4) is 0 Å². The molecule has 7 heteroatoms. The summed E-state index contributed by atoms with van der Waals surface area (Å²) in [6.07, 6.45) is 0. The fourth-order valence-electron chi connectivity index (χ4n) is 3.04. The molecular formula is C20H30N6O. The molecule has 1 aromatic carbocycles. The molecule has 7 nitrogen and oxygen atoms in total. The summed E-state index contributed by atoms with van der Waals surface area (Å²) in [7, 11) is 2.17. The van der Waals surface area contributed by atoms with Crippen molar-refractivity contribution in [1.82, 2.24) is 19.8 Å². The Morgan fingerprint density at radius 2 is 1.85 bits per heavy atom. The van der Waals surface area contributed by atoms with Crippen molar-refractivity contribution in [2.24, 2.45) is 0 Å². The Morgan fingerprint density at radius 1 is 1.11 bits per heavy atom. The van der Waals surface area contributed by atoms with Crippen LogP contribution in [-0.4, -0.2) is 83.8 Å². The molecule has 1 aromatic heterocycles. The molecule has 0 radical (unpaired) electrons. The number of benzene rings is 1. The summed E-state index contributed by atoms with van der Waals surface area (Å²) < 4.78 is 0. The lowest BCUT2D eigenvalue weighted by Gasteiger charge is -2.32. The fraction of sp³-hybridized carbons (Fsp3) is 0.500. The van der Waals surface area contributed by atoms with Crippen LogP contribution < -0.4 is 10.6 Å². The van der Waals surface area contributed by atoms with E-state index in [9.17, 15) is 5.11 Å². The minimum Gasteiger partial charge on any atom is -0.394 e. The largest absolute Gasteiger partial charge is 0.394 e. The van der Waals surface area contributed by atoms with Crippen LogP contribution >= 0.6 is 0 Å². The van der Waals surface area contributed by atoms with Crippen LogP contribution in [0.5, 0.6) is 0 Å². The van der Waals surface area contributed by atoms with Gasteiger partial charge in [0, 0.05) is 56.9 Å². The fourth-order valence-corrected chi connectivity index (χ4v) is 3.04. The molecule has 0 saturated carbocycles. The van der Waals surface area contributed by atoms with Crippen LogP contribution in [0.25, 0.3) is 11.3 Å². The number of aromatic nitrogens is 2. The molecule has 3 N–H and O–H groups in total. The average molecular weight is 371 g/mol. The number of aliphatic hydroxyl groups is 1. The van der Waals surface area contributed by atoms with Crippen LogP contribution in [0.1, 0.15) is 6.92 Å². The zero-order chi connectivity index (χ0) is 19.1. The summed E-state index contributed by atoms with van der Waals surface area (Å²) >= 11 is 0. The maximum absolute atomic E-state index is 9.31. The van der Waals surface area contributed by atoms with Gasteiger partial charge in [-0.05, 0) is 14.0 Å². The Kier molecular flexibility index (Phi) is 6.98. The number of nitrogens with one attached hydrogen (secondary N) is 2. The van der Waals surface area contributed by atoms with Crippen molar-refractivity contribution in [3.63, 3.8) is 0 Å². The van der Waals surface area contributed by atoms with Gasteiger partial charge in [-0.2, -0.15) is 4.98 Å². The minimum absolute atomic E-state index is 0.0328. The van der Waals surface area contributed by atoms with E-state index in [0.29, 0.717) is 5.95 Å². The summed E-state index contributed by atoms with van der Waals surface area (Å²) in [5.41, 5.74) is 1.90. The number of piperazine rings is 1. The van der Waals surface area contributed by atoms with Crippen molar-refractivity contribution >= 4 is 11.8 Å². The quantitative estimate of drug-likeness (QED) is 0.651. The van der Waals surface area contributed by atoms with Gasteiger partial charge in [-0.15, -0.1) is 0 Å². The van der Waals surface area contributed by atoms with E-state index in [1.54, 1.807) is 0 Å². The highest BCUT2D eigenvalue weighted by atomic mass is 16.3. The zero-order valence-corrected chi connectivity index (χ0v) is 16.2. The molecule has 0 unspecified atom stereocenters. The Bertz CT molecular complexity index is 703. The summed E-state index contributed by atoms with van der Waals surface area (Å²) in [5, 5.41) is 15.9. The molecular weight excluding hydrogens is 340 g/mol. The monoisotopic (exact) mass is 370 g/mol. The van der Waals surface area contributed by atoms with Gasteiger partial charge in [-0.25, -0.2) is 4.98 Å². The molecule has 1 aliphatic heterocycles. The summed E-state index contributed by atoms with van der Waals surface area (Å²) in [5.74, 6) is 1.32. The summed E-state index contributed by atoms with van der Waals surface area (Å²) in [6, 6.07) is 11.9. The van der Waals surface area contributed by atoms with Gasteiger partial charge >= 0.3 is 0 Å². The van der Waals surface area contributed by atoms with E-state index in [1.165, 1.54) is 0 Å². The van der Waals surface area contributed by atoms with Crippen LogP contribution in [-0.2, 0) is 0 Å². The third kappa shape index (κ3) is 5.89. The maximum atomic E-state index is 9.31. The highest BCUT2D eigenvalue weighted by Crippen LogP contribution is 2.21. The third-order valence-electron chi connectivity index (χ3n) is 4.78. The average Bonchev–Trinajstić information content (AvgIpc) is 2.70. The zero-order valence-electron chi connectivity index (χ0n) is 16.2. The normalized spacial score (nSPS) is 16.9. The molecule has 146 valence electrons. The van der Waals surface area contributed by atoms with E-state index in [2.05, 4.69) is 37.4 Å². The van der Waals surface area contributed by atoms with Crippen molar-refractivity contribution in [3.05, 3.63) is 36.4 Å². The number of nitrogens with zero attached hydrogens (tertiary/aromatic N) is 4. The lowest BCUT2D eigenvalue weighted by atomic mass is 10.1. The first-order valence-corrected chi connectivity index (χ1v) is 9.60. The van der Waals surface area contributed by atoms with E-state index in [1.807, 2.05) is 43.3 Å². The minimum atomic E-state index is -0.103. The molecule has 1 aliphatic rings. The van der Waals surface area contributed by atoms with E-state index in [-0.39, 0.29) is 12.6 Å².